The minimum Gasteiger partial charge on any atom is -0.356 e. The molecule has 1 fully saturated rings. The van der Waals surface area contributed by atoms with E-state index in [0.717, 1.165) is 49.2 Å². The molecule has 2 amide bonds. The molecule has 4 rings (SSSR count). The van der Waals surface area contributed by atoms with Crippen LogP contribution >= 0.6 is 23.4 Å². The number of nitrogens with zero attached hydrogens (tertiary/aromatic N) is 4. The maximum absolute atomic E-state index is 12.9. The lowest BCUT2D eigenvalue weighted by atomic mass is 10.1. The minimum atomic E-state index is -4.37. The monoisotopic (exact) mass is 593 g/mol. The number of hydrogen-bond acceptors (Lipinski definition) is 5. The molecular weight excluding hydrogens is 563 g/mol. The average molecular weight is 594 g/mol. The first-order valence-corrected chi connectivity index (χ1v) is 14.6. The number of hydrogen-bond donors (Lipinski definition) is 1. The van der Waals surface area contributed by atoms with E-state index in [1.165, 1.54) is 23.9 Å². The highest BCUT2D eigenvalue weighted by molar-refractivity contribution is 7.98. The van der Waals surface area contributed by atoms with Crippen LogP contribution in [0.1, 0.15) is 55.5 Å². The van der Waals surface area contributed by atoms with E-state index in [1.54, 1.807) is 12.1 Å². The van der Waals surface area contributed by atoms with Crippen LogP contribution in [0.25, 0.3) is 5.69 Å². The summed E-state index contributed by atoms with van der Waals surface area (Å²) in [7, 11) is 0. The third-order valence-electron chi connectivity index (χ3n) is 6.57. The molecule has 0 unspecified atom stereocenters. The number of amides is 2. The van der Waals surface area contributed by atoms with E-state index in [2.05, 4.69) is 15.5 Å². The van der Waals surface area contributed by atoms with Crippen molar-refractivity contribution in [3.8, 4) is 5.69 Å². The molecule has 0 spiro atoms. The fraction of sp³-hybridized carbons (Fsp3) is 0.429. The van der Waals surface area contributed by atoms with E-state index >= 15 is 0 Å². The molecule has 1 aliphatic rings. The Morgan fingerprint density at radius 3 is 2.58 bits per heavy atom. The molecule has 12 heteroatoms. The number of carbonyl (C=O) groups is 2. The van der Waals surface area contributed by atoms with Crippen LogP contribution in [-0.2, 0) is 27.9 Å². The Hall–Kier alpha value is -3.05. The quantitative estimate of drug-likeness (QED) is 0.192. The summed E-state index contributed by atoms with van der Waals surface area (Å²) < 4.78 is 40.5. The van der Waals surface area contributed by atoms with Gasteiger partial charge in [-0.2, -0.15) is 13.2 Å². The zero-order valence-electron chi connectivity index (χ0n) is 21.9. The van der Waals surface area contributed by atoms with E-state index in [1.807, 2.05) is 21.6 Å². The van der Waals surface area contributed by atoms with Gasteiger partial charge in [0.15, 0.2) is 5.16 Å². The van der Waals surface area contributed by atoms with Gasteiger partial charge in [-0.15, -0.1) is 10.2 Å². The Morgan fingerprint density at radius 1 is 1.07 bits per heavy atom. The van der Waals surface area contributed by atoms with Crippen molar-refractivity contribution in [2.75, 3.05) is 19.6 Å². The van der Waals surface area contributed by atoms with Gasteiger partial charge >= 0.3 is 6.18 Å². The van der Waals surface area contributed by atoms with Crippen molar-refractivity contribution in [3.63, 3.8) is 0 Å². The molecule has 0 aliphatic carbocycles. The molecular formula is C28H31ClF3N5O2S. The first-order chi connectivity index (χ1) is 19.2. The molecule has 1 aliphatic heterocycles. The van der Waals surface area contributed by atoms with Gasteiger partial charge in [0.25, 0.3) is 0 Å². The number of carbonyl (C=O) groups excluding carboxylic acids is 2. The Balaban J connectivity index is 1.30. The highest BCUT2D eigenvalue weighted by atomic mass is 35.5. The highest BCUT2D eigenvalue weighted by Crippen LogP contribution is 2.31. The van der Waals surface area contributed by atoms with Crippen molar-refractivity contribution in [3.05, 3.63) is 70.5 Å². The molecule has 214 valence electrons. The number of halogens is 4. The molecule has 0 saturated carbocycles. The first-order valence-electron chi connectivity index (χ1n) is 13.2. The smallest absolute Gasteiger partial charge is 0.356 e. The number of aryl methyl sites for hydroxylation is 1. The number of likely N-dealkylation sites (tertiary alicyclic amines) is 1. The van der Waals surface area contributed by atoms with Crippen molar-refractivity contribution in [2.45, 2.75) is 62.0 Å². The third-order valence-corrected chi connectivity index (χ3v) is 7.80. The zero-order valence-corrected chi connectivity index (χ0v) is 23.5. The van der Waals surface area contributed by atoms with Gasteiger partial charge in [-0.25, -0.2) is 0 Å². The highest BCUT2D eigenvalue weighted by Gasteiger charge is 2.30. The van der Waals surface area contributed by atoms with Crippen molar-refractivity contribution < 1.29 is 22.8 Å². The van der Waals surface area contributed by atoms with Crippen LogP contribution in [-0.4, -0.2) is 51.1 Å². The normalized spacial score (nSPS) is 13.7. The predicted octanol–water partition coefficient (Wildman–Crippen LogP) is 6.07. The van der Waals surface area contributed by atoms with Gasteiger partial charge in [-0.05, 0) is 61.6 Å². The summed E-state index contributed by atoms with van der Waals surface area (Å²) in [6, 6.07) is 12.4. The third kappa shape index (κ3) is 8.47. The fourth-order valence-corrected chi connectivity index (χ4v) is 5.57. The second kappa shape index (κ2) is 14.0. The molecule has 1 aromatic heterocycles. The summed E-state index contributed by atoms with van der Waals surface area (Å²) in [5.41, 5.74) is 0.841. The van der Waals surface area contributed by atoms with E-state index < -0.39 is 11.7 Å². The van der Waals surface area contributed by atoms with Crippen LogP contribution in [0.2, 0.25) is 5.02 Å². The number of benzene rings is 2. The summed E-state index contributed by atoms with van der Waals surface area (Å²) in [6.45, 7) is 2.03. The van der Waals surface area contributed by atoms with Crippen molar-refractivity contribution in [1.82, 2.24) is 25.0 Å². The maximum atomic E-state index is 12.9. The minimum absolute atomic E-state index is 0.0168. The zero-order chi connectivity index (χ0) is 28.5. The molecule has 3 aromatic rings. The number of alkyl halides is 3. The molecule has 1 N–H and O–H groups in total. The van der Waals surface area contributed by atoms with Crippen molar-refractivity contribution in [1.29, 1.82) is 0 Å². The van der Waals surface area contributed by atoms with Gasteiger partial charge in [0, 0.05) is 49.7 Å². The summed E-state index contributed by atoms with van der Waals surface area (Å²) >= 11 is 7.61. The molecule has 2 heterocycles. The molecule has 0 radical (unpaired) electrons. The lowest BCUT2D eigenvalue weighted by molar-refractivity contribution is -0.137. The Kier molecular flexibility index (Phi) is 10.5. The van der Waals surface area contributed by atoms with Crippen LogP contribution in [0.4, 0.5) is 13.2 Å². The average Bonchev–Trinajstić information content (AvgIpc) is 3.53. The Labute approximate surface area is 240 Å². The molecule has 40 heavy (non-hydrogen) atoms. The van der Waals surface area contributed by atoms with Gasteiger partial charge in [0.05, 0.1) is 11.3 Å². The molecule has 0 bridgehead atoms. The van der Waals surface area contributed by atoms with Gasteiger partial charge < -0.3 is 10.2 Å². The van der Waals surface area contributed by atoms with Crippen LogP contribution in [0.3, 0.4) is 0 Å². The van der Waals surface area contributed by atoms with E-state index in [9.17, 15) is 22.8 Å². The molecule has 7 nitrogen and oxygen atoms in total. The van der Waals surface area contributed by atoms with E-state index in [4.69, 9.17) is 11.6 Å². The van der Waals surface area contributed by atoms with Gasteiger partial charge in [0.2, 0.25) is 11.8 Å². The second-order valence-electron chi connectivity index (χ2n) is 9.59. The van der Waals surface area contributed by atoms with Crippen molar-refractivity contribution in [2.24, 2.45) is 0 Å². The van der Waals surface area contributed by atoms with E-state index in [0.29, 0.717) is 60.5 Å². The van der Waals surface area contributed by atoms with Crippen LogP contribution in [0.5, 0.6) is 0 Å². The molecule has 1 saturated heterocycles. The van der Waals surface area contributed by atoms with Crippen LogP contribution in [0, 0.1) is 0 Å². The number of unbranched alkanes of at least 4 members (excludes halogenated alkanes) is 1. The second-order valence-corrected chi connectivity index (χ2v) is 11.0. The molecule has 2 aromatic carbocycles. The number of thioether (sulfide) groups is 1. The van der Waals surface area contributed by atoms with Crippen LogP contribution in [0.15, 0.2) is 53.7 Å². The van der Waals surface area contributed by atoms with Crippen LogP contribution < -0.4 is 5.32 Å². The Morgan fingerprint density at radius 2 is 1.88 bits per heavy atom. The van der Waals surface area contributed by atoms with Crippen molar-refractivity contribution >= 4 is 35.2 Å². The summed E-state index contributed by atoms with van der Waals surface area (Å²) in [5, 5.41) is 12.8. The fourth-order valence-electron chi connectivity index (χ4n) is 4.46. The SMILES string of the molecule is O=C(CCCCc1nnc(SCc2ccc(C(F)(F)F)cc2)n1-c1cccc(Cl)c1)NCCCN1CCCC1=O. The topological polar surface area (TPSA) is 80.1 Å². The number of aromatic nitrogens is 3. The molecule has 0 atom stereocenters. The largest absolute Gasteiger partial charge is 0.416 e. The van der Waals surface area contributed by atoms with E-state index in [-0.39, 0.29) is 11.8 Å². The maximum Gasteiger partial charge on any atom is 0.416 e. The number of rotatable bonds is 13. The van der Waals surface area contributed by atoms with Gasteiger partial charge in [-0.1, -0.05) is 41.6 Å². The summed E-state index contributed by atoms with van der Waals surface area (Å²) in [4.78, 5) is 25.7. The summed E-state index contributed by atoms with van der Waals surface area (Å²) in [5.74, 6) is 1.31. The first kappa shape index (κ1) is 29.9. The van der Waals surface area contributed by atoms with Gasteiger partial charge in [0.1, 0.15) is 5.82 Å². The van der Waals surface area contributed by atoms with Gasteiger partial charge in [-0.3, -0.25) is 14.2 Å². The standard InChI is InChI=1S/C28H31ClF3N5O2S/c29-22-6-3-7-23(18-22)37-24(8-1-2-9-25(38)33-15-5-17-36-16-4-10-26(36)39)34-35-27(37)40-19-20-11-13-21(14-12-20)28(30,31)32/h3,6-7,11-14,18H,1-2,4-5,8-10,15-17,19H2,(H,33,38). The Bertz CT molecular complexity index is 1300. The summed E-state index contributed by atoms with van der Waals surface area (Å²) in [6.07, 6.45) is 0.279. The predicted molar refractivity (Wildman–Crippen MR) is 148 cm³/mol. The number of nitrogens with one attached hydrogen (secondary N) is 1. The lowest BCUT2D eigenvalue weighted by Crippen LogP contribution is -2.30. The lowest BCUT2D eigenvalue weighted by Gasteiger charge is -2.15.